The summed E-state index contributed by atoms with van der Waals surface area (Å²) in [5.74, 6) is 1.55. The number of anilines is 1. The molecule has 1 fully saturated rings. The van der Waals surface area contributed by atoms with Crippen LogP contribution in [-0.4, -0.2) is 20.6 Å². The summed E-state index contributed by atoms with van der Waals surface area (Å²) >= 11 is 0. The summed E-state index contributed by atoms with van der Waals surface area (Å²) < 4.78 is 1.79. The third-order valence-corrected chi connectivity index (χ3v) is 2.93. The molecule has 1 aliphatic carbocycles. The van der Waals surface area contributed by atoms with Gasteiger partial charge in [-0.3, -0.25) is 0 Å². The van der Waals surface area contributed by atoms with E-state index in [1.807, 2.05) is 24.4 Å². The van der Waals surface area contributed by atoms with E-state index in [9.17, 15) is 0 Å². The van der Waals surface area contributed by atoms with Crippen LogP contribution < -0.4 is 5.32 Å². The molecule has 0 saturated heterocycles. The van der Waals surface area contributed by atoms with Crippen molar-refractivity contribution in [3.63, 3.8) is 0 Å². The van der Waals surface area contributed by atoms with E-state index in [0.717, 1.165) is 17.5 Å². The summed E-state index contributed by atoms with van der Waals surface area (Å²) in [6.07, 6.45) is 4.58. The van der Waals surface area contributed by atoms with Crippen molar-refractivity contribution in [2.45, 2.75) is 25.8 Å². The van der Waals surface area contributed by atoms with Gasteiger partial charge in [0.25, 0.3) is 0 Å². The Morgan fingerprint density at radius 3 is 3.07 bits per heavy atom. The number of hydrogen-bond donors (Lipinski definition) is 1. The summed E-state index contributed by atoms with van der Waals surface area (Å²) in [7, 11) is 0. The minimum Gasteiger partial charge on any atom is -0.350 e. The van der Waals surface area contributed by atoms with Gasteiger partial charge in [0.2, 0.25) is 5.95 Å². The van der Waals surface area contributed by atoms with Crippen molar-refractivity contribution in [2.24, 2.45) is 5.92 Å². The molecule has 0 spiro atoms. The zero-order valence-corrected chi connectivity index (χ0v) is 8.72. The molecule has 2 aromatic heterocycles. The number of fused-ring (bicyclic) bond motifs is 1. The van der Waals surface area contributed by atoms with Crippen molar-refractivity contribution in [3.05, 3.63) is 24.4 Å². The summed E-state index contributed by atoms with van der Waals surface area (Å²) in [4.78, 5) is 4.40. The maximum absolute atomic E-state index is 4.40. The standard InChI is InChI=1S/C11H14N4/c1-8(9-5-6-9)12-11-13-10-4-2-3-7-15(10)14-11/h2-4,7-9H,5-6H2,1H3,(H,12,14). The fraction of sp³-hybridized carbons (Fsp3) is 0.455. The first-order valence-corrected chi connectivity index (χ1v) is 5.41. The minimum absolute atomic E-state index is 0.488. The Kier molecular flexibility index (Phi) is 1.87. The molecule has 1 saturated carbocycles. The first kappa shape index (κ1) is 8.71. The molecular weight excluding hydrogens is 188 g/mol. The number of nitrogens with one attached hydrogen (secondary N) is 1. The van der Waals surface area contributed by atoms with Crippen LogP contribution in [0.15, 0.2) is 24.4 Å². The van der Waals surface area contributed by atoms with Gasteiger partial charge in [0, 0.05) is 12.2 Å². The van der Waals surface area contributed by atoms with Crippen LogP contribution in [0.3, 0.4) is 0 Å². The molecule has 0 radical (unpaired) electrons. The molecular formula is C11H14N4. The molecule has 3 rings (SSSR count). The topological polar surface area (TPSA) is 42.2 Å². The smallest absolute Gasteiger partial charge is 0.243 e. The van der Waals surface area contributed by atoms with E-state index in [4.69, 9.17) is 0 Å². The average molecular weight is 202 g/mol. The number of pyridine rings is 1. The molecule has 4 heteroatoms. The highest BCUT2D eigenvalue weighted by Gasteiger charge is 2.28. The van der Waals surface area contributed by atoms with Crippen molar-refractivity contribution < 1.29 is 0 Å². The van der Waals surface area contributed by atoms with Crippen molar-refractivity contribution in [3.8, 4) is 0 Å². The second-order valence-electron chi connectivity index (χ2n) is 4.21. The summed E-state index contributed by atoms with van der Waals surface area (Å²) in [5.41, 5.74) is 0.892. The number of aromatic nitrogens is 3. The number of nitrogens with zero attached hydrogens (tertiary/aromatic N) is 3. The molecule has 15 heavy (non-hydrogen) atoms. The fourth-order valence-corrected chi connectivity index (χ4v) is 1.81. The SMILES string of the molecule is CC(Nc1nc2ccccn2n1)C1CC1. The predicted molar refractivity (Wildman–Crippen MR) is 58.8 cm³/mol. The molecule has 4 nitrogen and oxygen atoms in total. The predicted octanol–water partition coefficient (Wildman–Crippen LogP) is 1.94. The molecule has 1 atom stereocenters. The van der Waals surface area contributed by atoms with Crippen LogP contribution in [0.1, 0.15) is 19.8 Å². The van der Waals surface area contributed by atoms with Crippen molar-refractivity contribution >= 4 is 11.6 Å². The molecule has 1 aliphatic rings. The van der Waals surface area contributed by atoms with Crippen LogP contribution in [-0.2, 0) is 0 Å². The van der Waals surface area contributed by atoms with E-state index in [2.05, 4.69) is 22.3 Å². The van der Waals surface area contributed by atoms with E-state index in [0.29, 0.717) is 6.04 Å². The Labute approximate surface area is 88.3 Å². The van der Waals surface area contributed by atoms with Gasteiger partial charge in [0.1, 0.15) is 0 Å². The highest BCUT2D eigenvalue weighted by Crippen LogP contribution is 2.33. The normalized spacial score (nSPS) is 17.9. The Bertz CT molecular complexity index is 439. The zero-order chi connectivity index (χ0) is 10.3. The third-order valence-electron chi connectivity index (χ3n) is 2.93. The molecule has 78 valence electrons. The fourth-order valence-electron chi connectivity index (χ4n) is 1.81. The highest BCUT2D eigenvalue weighted by atomic mass is 15.3. The highest BCUT2D eigenvalue weighted by molar-refractivity contribution is 5.43. The maximum Gasteiger partial charge on any atom is 0.243 e. The van der Waals surface area contributed by atoms with Gasteiger partial charge in [-0.2, -0.15) is 4.98 Å². The lowest BCUT2D eigenvalue weighted by Gasteiger charge is -2.09. The second-order valence-corrected chi connectivity index (χ2v) is 4.21. The van der Waals surface area contributed by atoms with Gasteiger partial charge in [-0.05, 0) is 37.8 Å². The van der Waals surface area contributed by atoms with Gasteiger partial charge < -0.3 is 5.32 Å². The van der Waals surface area contributed by atoms with Crippen molar-refractivity contribution in [1.82, 2.24) is 14.6 Å². The molecule has 0 bridgehead atoms. The lowest BCUT2D eigenvalue weighted by atomic mass is 10.2. The van der Waals surface area contributed by atoms with Gasteiger partial charge in [-0.15, -0.1) is 5.10 Å². The maximum atomic E-state index is 4.40. The quantitative estimate of drug-likeness (QED) is 0.827. The summed E-state index contributed by atoms with van der Waals surface area (Å²) in [6, 6.07) is 6.37. The molecule has 1 unspecified atom stereocenters. The van der Waals surface area contributed by atoms with Gasteiger partial charge in [0.05, 0.1) is 0 Å². The lowest BCUT2D eigenvalue weighted by molar-refractivity contribution is 0.686. The Morgan fingerprint density at radius 2 is 2.33 bits per heavy atom. The van der Waals surface area contributed by atoms with Gasteiger partial charge in [-0.25, -0.2) is 4.52 Å². The molecule has 0 aromatic carbocycles. The Morgan fingerprint density at radius 1 is 1.47 bits per heavy atom. The average Bonchev–Trinajstić information content (AvgIpc) is 2.99. The van der Waals surface area contributed by atoms with Crippen LogP contribution in [0, 0.1) is 5.92 Å². The summed E-state index contributed by atoms with van der Waals surface area (Å²) in [5, 5.41) is 7.71. The van der Waals surface area contributed by atoms with Crippen LogP contribution >= 0.6 is 0 Å². The number of hydrogen-bond acceptors (Lipinski definition) is 3. The van der Waals surface area contributed by atoms with Crippen molar-refractivity contribution in [2.75, 3.05) is 5.32 Å². The number of rotatable bonds is 3. The zero-order valence-electron chi connectivity index (χ0n) is 8.72. The van der Waals surface area contributed by atoms with Gasteiger partial charge >= 0.3 is 0 Å². The van der Waals surface area contributed by atoms with E-state index >= 15 is 0 Å². The molecule has 2 heterocycles. The molecule has 1 N–H and O–H groups in total. The minimum atomic E-state index is 0.488. The van der Waals surface area contributed by atoms with Gasteiger partial charge in [-0.1, -0.05) is 6.07 Å². The van der Waals surface area contributed by atoms with Crippen molar-refractivity contribution in [1.29, 1.82) is 0 Å². The molecule has 0 aliphatic heterocycles. The monoisotopic (exact) mass is 202 g/mol. The largest absolute Gasteiger partial charge is 0.350 e. The first-order chi connectivity index (χ1) is 7.33. The molecule has 0 amide bonds. The van der Waals surface area contributed by atoms with Crippen LogP contribution in [0.5, 0.6) is 0 Å². The van der Waals surface area contributed by atoms with Crippen LogP contribution in [0.2, 0.25) is 0 Å². The Hall–Kier alpha value is -1.58. The van der Waals surface area contributed by atoms with E-state index in [-0.39, 0.29) is 0 Å². The Balaban J connectivity index is 1.84. The van der Waals surface area contributed by atoms with Crippen LogP contribution in [0.4, 0.5) is 5.95 Å². The second kappa shape index (κ2) is 3.22. The summed E-state index contributed by atoms with van der Waals surface area (Å²) in [6.45, 7) is 2.20. The van der Waals surface area contributed by atoms with E-state index in [1.54, 1.807) is 4.52 Å². The van der Waals surface area contributed by atoms with E-state index < -0.39 is 0 Å². The lowest BCUT2D eigenvalue weighted by Crippen LogP contribution is -2.18. The molecule has 2 aromatic rings. The van der Waals surface area contributed by atoms with E-state index in [1.165, 1.54) is 12.8 Å². The van der Waals surface area contributed by atoms with Crippen LogP contribution in [0.25, 0.3) is 5.65 Å². The first-order valence-electron chi connectivity index (χ1n) is 5.41. The van der Waals surface area contributed by atoms with Gasteiger partial charge in [0.15, 0.2) is 5.65 Å². The third kappa shape index (κ3) is 1.67.